The zero-order chi connectivity index (χ0) is 21.0. The average molecular weight is 393 g/mol. The van der Waals surface area contributed by atoms with Crippen LogP contribution in [0.25, 0.3) is 5.57 Å². The van der Waals surface area contributed by atoms with Crippen molar-refractivity contribution in [2.45, 2.75) is 20.0 Å². The van der Waals surface area contributed by atoms with Gasteiger partial charge in [0.2, 0.25) is 0 Å². The van der Waals surface area contributed by atoms with Crippen molar-refractivity contribution in [1.82, 2.24) is 4.90 Å². The van der Waals surface area contributed by atoms with E-state index < -0.39 is 0 Å². The molecule has 0 fully saturated rings. The quantitative estimate of drug-likeness (QED) is 0.697. The zero-order valence-electron chi connectivity index (χ0n) is 17.3. The van der Waals surface area contributed by atoms with Gasteiger partial charge >= 0.3 is 0 Å². The van der Waals surface area contributed by atoms with E-state index in [2.05, 4.69) is 5.32 Å². The lowest BCUT2D eigenvalue weighted by atomic mass is 10.0. The Morgan fingerprint density at radius 2 is 1.62 bits per heavy atom. The van der Waals surface area contributed by atoms with E-state index in [1.807, 2.05) is 87.4 Å². The van der Waals surface area contributed by atoms with Crippen molar-refractivity contribution in [1.29, 1.82) is 0 Å². The fourth-order valence-electron chi connectivity index (χ4n) is 3.13. The number of benzene rings is 2. The van der Waals surface area contributed by atoms with Gasteiger partial charge in [0.25, 0.3) is 11.8 Å². The highest BCUT2D eigenvalue weighted by Gasteiger charge is 2.38. The highest BCUT2D eigenvalue weighted by Crippen LogP contribution is 2.30. The summed E-state index contributed by atoms with van der Waals surface area (Å²) in [5, 5.41) is 3.17. The van der Waals surface area contributed by atoms with Crippen LogP contribution in [0.4, 0.5) is 11.4 Å². The van der Waals surface area contributed by atoms with E-state index in [-0.39, 0.29) is 24.5 Å². The van der Waals surface area contributed by atoms with Crippen LogP contribution in [0.5, 0.6) is 0 Å². The number of nitrogens with zero attached hydrogens (tertiary/aromatic N) is 2. The van der Waals surface area contributed by atoms with Crippen molar-refractivity contribution in [3.8, 4) is 0 Å². The number of carbonyl (C=O) groups is 2. The summed E-state index contributed by atoms with van der Waals surface area (Å²) in [6.07, 6.45) is 0.0390. The average Bonchev–Trinajstić information content (AvgIpc) is 2.93. The summed E-state index contributed by atoms with van der Waals surface area (Å²) in [6, 6.07) is 17.0. The monoisotopic (exact) mass is 393 g/mol. The minimum absolute atomic E-state index is 0.0390. The Kier molecular flexibility index (Phi) is 6.34. The summed E-state index contributed by atoms with van der Waals surface area (Å²) in [6.45, 7) is 4.37. The third-order valence-corrected chi connectivity index (χ3v) is 4.65. The molecule has 0 saturated heterocycles. The van der Waals surface area contributed by atoms with Crippen LogP contribution >= 0.6 is 0 Å². The van der Waals surface area contributed by atoms with Gasteiger partial charge < -0.3 is 15.0 Å². The molecule has 0 spiro atoms. The van der Waals surface area contributed by atoms with Crippen molar-refractivity contribution < 1.29 is 14.3 Å². The Labute approximate surface area is 171 Å². The second kappa shape index (κ2) is 8.92. The van der Waals surface area contributed by atoms with Gasteiger partial charge in [0.05, 0.1) is 24.8 Å². The Morgan fingerprint density at radius 1 is 0.966 bits per heavy atom. The first kappa shape index (κ1) is 20.6. The molecular formula is C23H27N3O3. The number of ether oxygens (including phenoxy) is 1. The van der Waals surface area contributed by atoms with Gasteiger partial charge in [0, 0.05) is 25.5 Å². The van der Waals surface area contributed by atoms with Gasteiger partial charge in [-0.15, -0.1) is 0 Å². The number of hydrogen-bond donors (Lipinski definition) is 1. The topological polar surface area (TPSA) is 61.9 Å². The number of amides is 2. The summed E-state index contributed by atoms with van der Waals surface area (Å²) in [7, 11) is 3.93. The Hall–Kier alpha value is -3.12. The molecule has 0 saturated carbocycles. The van der Waals surface area contributed by atoms with Crippen molar-refractivity contribution in [3.05, 3.63) is 65.9 Å². The maximum Gasteiger partial charge on any atom is 0.278 e. The fraction of sp³-hybridized carbons (Fsp3) is 0.304. The van der Waals surface area contributed by atoms with E-state index >= 15 is 0 Å². The van der Waals surface area contributed by atoms with Crippen molar-refractivity contribution in [2.75, 3.05) is 37.5 Å². The predicted molar refractivity (Wildman–Crippen MR) is 116 cm³/mol. The molecule has 1 aliphatic heterocycles. The molecular weight excluding hydrogens is 366 g/mol. The summed E-state index contributed by atoms with van der Waals surface area (Å²) < 4.78 is 5.54. The van der Waals surface area contributed by atoms with Crippen molar-refractivity contribution >= 4 is 28.8 Å². The molecule has 152 valence electrons. The largest absolute Gasteiger partial charge is 0.378 e. The number of nitrogens with one attached hydrogen (secondary N) is 1. The molecule has 6 heteroatoms. The Balaban J connectivity index is 1.91. The van der Waals surface area contributed by atoms with E-state index in [1.54, 1.807) is 0 Å². The van der Waals surface area contributed by atoms with Crippen molar-refractivity contribution in [3.63, 3.8) is 0 Å². The summed E-state index contributed by atoms with van der Waals surface area (Å²) in [4.78, 5) is 29.4. The van der Waals surface area contributed by atoms with Gasteiger partial charge in [-0.2, -0.15) is 0 Å². The number of hydrogen-bond acceptors (Lipinski definition) is 5. The first-order chi connectivity index (χ1) is 13.9. The lowest BCUT2D eigenvalue weighted by molar-refractivity contribution is -0.137. The standard InChI is InChI=1S/C23H27N3O3/c1-16(2)29-15-14-26-22(27)20(17-8-6-5-7-9-17)21(23(26)28)24-18-10-12-19(13-11-18)25(3)4/h5-13,16,24H,14-15H2,1-4H3. The third-order valence-electron chi connectivity index (χ3n) is 4.65. The smallest absolute Gasteiger partial charge is 0.278 e. The summed E-state index contributed by atoms with van der Waals surface area (Å²) in [5.41, 5.74) is 3.19. The van der Waals surface area contributed by atoms with E-state index in [0.717, 1.165) is 11.4 Å². The molecule has 2 aromatic rings. The van der Waals surface area contributed by atoms with Crippen LogP contribution in [0.3, 0.4) is 0 Å². The molecule has 29 heavy (non-hydrogen) atoms. The normalized spacial score (nSPS) is 14.2. The predicted octanol–water partition coefficient (Wildman–Crippen LogP) is 3.37. The zero-order valence-corrected chi connectivity index (χ0v) is 17.3. The van der Waals surface area contributed by atoms with Crippen LogP contribution in [-0.2, 0) is 14.3 Å². The van der Waals surface area contributed by atoms with E-state index in [0.29, 0.717) is 23.4 Å². The molecule has 0 aromatic heterocycles. The summed E-state index contributed by atoms with van der Waals surface area (Å²) >= 11 is 0. The fourth-order valence-corrected chi connectivity index (χ4v) is 3.13. The van der Waals surface area contributed by atoms with E-state index in [4.69, 9.17) is 4.74 Å². The van der Waals surface area contributed by atoms with Gasteiger partial charge in [-0.05, 0) is 43.7 Å². The second-order valence-corrected chi connectivity index (χ2v) is 7.36. The maximum atomic E-state index is 13.1. The van der Waals surface area contributed by atoms with Crippen LogP contribution in [0, 0.1) is 0 Å². The third kappa shape index (κ3) is 4.66. The first-order valence-electron chi connectivity index (χ1n) is 9.70. The van der Waals surface area contributed by atoms with Gasteiger partial charge in [-0.25, -0.2) is 0 Å². The molecule has 0 atom stereocenters. The number of rotatable bonds is 8. The first-order valence-corrected chi connectivity index (χ1v) is 9.70. The van der Waals surface area contributed by atoms with E-state index in [1.165, 1.54) is 4.90 Å². The van der Waals surface area contributed by atoms with Gasteiger partial charge in [0.1, 0.15) is 5.70 Å². The van der Waals surface area contributed by atoms with Gasteiger partial charge in [0.15, 0.2) is 0 Å². The molecule has 0 unspecified atom stereocenters. The highest BCUT2D eigenvalue weighted by molar-refractivity contribution is 6.36. The molecule has 1 N–H and O–H groups in total. The number of imide groups is 1. The van der Waals surface area contributed by atoms with Crippen LogP contribution in [0.1, 0.15) is 19.4 Å². The minimum Gasteiger partial charge on any atom is -0.378 e. The second-order valence-electron chi connectivity index (χ2n) is 7.36. The summed E-state index contributed by atoms with van der Waals surface area (Å²) in [5.74, 6) is -0.640. The molecule has 1 aliphatic rings. The molecule has 2 aromatic carbocycles. The highest BCUT2D eigenvalue weighted by atomic mass is 16.5. The van der Waals surface area contributed by atoms with Crippen LogP contribution in [-0.4, -0.2) is 50.1 Å². The molecule has 0 radical (unpaired) electrons. The molecule has 0 aliphatic carbocycles. The van der Waals surface area contributed by atoms with E-state index in [9.17, 15) is 9.59 Å². The Morgan fingerprint density at radius 3 is 2.21 bits per heavy atom. The number of anilines is 2. The minimum atomic E-state index is -0.335. The van der Waals surface area contributed by atoms with Crippen LogP contribution in [0.15, 0.2) is 60.3 Å². The SMILES string of the molecule is CC(C)OCCN1C(=O)C(Nc2ccc(N(C)C)cc2)=C(c2ccccc2)C1=O. The Bertz CT molecular complexity index is 903. The van der Waals surface area contributed by atoms with Gasteiger partial charge in [-0.1, -0.05) is 30.3 Å². The lowest BCUT2D eigenvalue weighted by Crippen LogP contribution is -2.35. The number of carbonyl (C=O) groups excluding carboxylic acids is 2. The molecule has 0 bridgehead atoms. The van der Waals surface area contributed by atoms with Crippen LogP contribution < -0.4 is 10.2 Å². The molecule has 6 nitrogen and oxygen atoms in total. The molecule has 1 heterocycles. The molecule has 2 amide bonds. The van der Waals surface area contributed by atoms with Crippen molar-refractivity contribution in [2.24, 2.45) is 0 Å². The molecule has 3 rings (SSSR count). The maximum absolute atomic E-state index is 13.1. The van der Waals surface area contributed by atoms with Crippen LogP contribution in [0.2, 0.25) is 0 Å². The van der Waals surface area contributed by atoms with Gasteiger partial charge in [-0.3, -0.25) is 14.5 Å². The lowest BCUT2D eigenvalue weighted by Gasteiger charge is -2.16.